The molecule has 1 amide bonds. The summed E-state index contributed by atoms with van der Waals surface area (Å²) >= 11 is 0. The summed E-state index contributed by atoms with van der Waals surface area (Å²) in [6, 6.07) is 4.69. The Kier molecular flexibility index (Phi) is 5.17. The van der Waals surface area contributed by atoms with Gasteiger partial charge in [0.1, 0.15) is 5.75 Å². The van der Waals surface area contributed by atoms with Crippen molar-refractivity contribution in [1.29, 1.82) is 0 Å². The van der Waals surface area contributed by atoms with Crippen LogP contribution in [0.15, 0.2) is 24.3 Å². The molecule has 0 aliphatic carbocycles. The second-order valence-electron chi connectivity index (χ2n) is 3.92. The molecule has 0 aliphatic rings. The van der Waals surface area contributed by atoms with Crippen molar-refractivity contribution in [2.24, 2.45) is 5.73 Å². The molecule has 0 aromatic heterocycles. The molecule has 4 nitrogen and oxygen atoms in total. The van der Waals surface area contributed by atoms with Crippen LogP contribution in [-0.2, 0) is 11.3 Å². The first-order valence-corrected chi connectivity index (χ1v) is 5.70. The molecule has 19 heavy (non-hydrogen) atoms. The molecule has 106 valence electrons. The summed E-state index contributed by atoms with van der Waals surface area (Å²) < 4.78 is 39.5. The minimum absolute atomic E-state index is 0.207. The van der Waals surface area contributed by atoms with Crippen molar-refractivity contribution < 1.29 is 22.7 Å². The molecule has 0 saturated heterocycles. The molecule has 0 saturated carbocycles. The number of nitrogens with two attached hydrogens (primary N) is 1. The summed E-state index contributed by atoms with van der Waals surface area (Å²) in [5.41, 5.74) is 6.18. The summed E-state index contributed by atoms with van der Waals surface area (Å²) in [6.45, 7) is 1.99. The third-order valence-corrected chi connectivity index (χ3v) is 2.40. The Morgan fingerprint density at radius 3 is 2.42 bits per heavy atom. The summed E-state index contributed by atoms with van der Waals surface area (Å²) in [4.78, 5) is 11.4. The van der Waals surface area contributed by atoms with Gasteiger partial charge in [-0.15, -0.1) is 13.2 Å². The monoisotopic (exact) mass is 276 g/mol. The average molecular weight is 276 g/mol. The Balaban J connectivity index is 2.51. The lowest BCUT2D eigenvalue weighted by molar-refractivity contribution is -0.274. The van der Waals surface area contributed by atoms with E-state index in [-0.39, 0.29) is 18.2 Å². The predicted octanol–water partition coefficient (Wildman–Crippen LogP) is 1.94. The number of nitrogens with one attached hydrogen (secondary N) is 1. The van der Waals surface area contributed by atoms with Gasteiger partial charge in [0, 0.05) is 6.54 Å². The molecule has 7 heteroatoms. The number of hydrogen-bond acceptors (Lipinski definition) is 3. The molecule has 0 fully saturated rings. The first kappa shape index (κ1) is 15.3. The number of alkyl halides is 3. The fourth-order valence-corrected chi connectivity index (χ4v) is 1.31. The standard InChI is InChI=1S/C12H15F3N2O2/c1-2-10(16)11(18)17-7-8-3-5-9(6-4-8)19-12(13,14)15/h3-6,10H,2,7,16H2,1H3,(H,17,18)/t10-/m0/s1. The van der Waals surface area contributed by atoms with E-state index in [0.717, 1.165) is 0 Å². The number of ether oxygens (including phenoxy) is 1. The highest BCUT2D eigenvalue weighted by atomic mass is 19.4. The Morgan fingerprint density at radius 2 is 1.95 bits per heavy atom. The van der Waals surface area contributed by atoms with Crippen molar-refractivity contribution in [1.82, 2.24) is 5.32 Å². The van der Waals surface area contributed by atoms with E-state index in [1.54, 1.807) is 6.92 Å². The van der Waals surface area contributed by atoms with Gasteiger partial charge >= 0.3 is 6.36 Å². The number of carbonyl (C=O) groups excluding carboxylic acids is 1. The van der Waals surface area contributed by atoms with Crippen LogP contribution in [-0.4, -0.2) is 18.3 Å². The van der Waals surface area contributed by atoms with Crippen molar-refractivity contribution in [3.05, 3.63) is 29.8 Å². The maximum atomic E-state index is 11.9. The van der Waals surface area contributed by atoms with E-state index in [1.165, 1.54) is 24.3 Å². The molecule has 0 unspecified atom stereocenters. The molecule has 1 rings (SSSR count). The highest BCUT2D eigenvalue weighted by Gasteiger charge is 2.30. The Hall–Kier alpha value is -1.76. The molecule has 0 aliphatic heterocycles. The number of rotatable bonds is 5. The van der Waals surface area contributed by atoms with E-state index in [9.17, 15) is 18.0 Å². The molecule has 0 bridgehead atoms. The van der Waals surface area contributed by atoms with Gasteiger partial charge in [0.2, 0.25) is 5.91 Å². The molecule has 1 aromatic rings. The third kappa shape index (κ3) is 5.60. The molecule has 0 spiro atoms. The zero-order valence-corrected chi connectivity index (χ0v) is 10.3. The zero-order valence-electron chi connectivity index (χ0n) is 10.3. The largest absolute Gasteiger partial charge is 0.573 e. The van der Waals surface area contributed by atoms with Crippen LogP contribution in [0.4, 0.5) is 13.2 Å². The van der Waals surface area contributed by atoms with Gasteiger partial charge in [0.05, 0.1) is 6.04 Å². The van der Waals surface area contributed by atoms with Gasteiger partial charge in [0.15, 0.2) is 0 Å². The quantitative estimate of drug-likeness (QED) is 0.863. The molecule has 0 heterocycles. The smallest absolute Gasteiger partial charge is 0.406 e. The van der Waals surface area contributed by atoms with Gasteiger partial charge in [-0.1, -0.05) is 19.1 Å². The topological polar surface area (TPSA) is 64.4 Å². The van der Waals surface area contributed by atoms with Crippen molar-refractivity contribution in [3.63, 3.8) is 0 Å². The minimum atomic E-state index is -4.70. The van der Waals surface area contributed by atoms with Crippen molar-refractivity contribution in [3.8, 4) is 5.75 Å². The molecular weight excluding hydrogens is 261 g/mol. The predicted molar refractivity (Wildman–Crippen MR) is 63.2 cm³/mol. The lowest BCUT2D eigenvalue weighted by atomic mass is 10.2. The summed E-state index contributed by atoms with van der Waals surface area (Å²) in [5.74, 6) is -0.592. The number of hydrogen-bond donors (Lipinski definition) is 2. The number of amides is 1. The van der Waals surface area contributed by atoms with Crippen molar-refractivity contribution in [2.45, 2.75) is 32.3 Å². The van der Waals surface area contributed by atoms with E-state index in [1.807, 2.05) is 0 Å². The van der Waals surface area contributed by atoms with Crippen LogP contribution >= 0.6 is 0 Å². The first-order chi connectivity index (χ1) is 8.81. The summed E-state index contributed by atoms with van der Waals surface area (Å²) in [5, 5.41) is 2.59. The average Bonchev–Trinajstić information content (AvgIpc) is 2.34. The lowest BCUT2D eigenvalue weighted by Gasteiger charge is -2.11. The van der Waals surface area contributed by atoms with Gasteiger partial charge < -0.3 is 15.8 Å². The van der Waals surface area contributed by atoms with Crippen molar-refractivity contribution >= 4 is 5.91 Å². The SMILES string of the molecule is CC[C@H](N)C(=O)NCc1ccc(OC(F)(F)F)cc1. The Labute approximate surface area is 108 Å². The second-order valence-corrected chi connectivity index (χ2v) is 3.92. The lowest BCUT2D eigenvalue weighted by Crippen LogP contribution is -2.39. The maximum absolute atomic E-state index is 11.9. The maximum Gasteiger partial charge on any atom is 0.573 e. The Bertz CT molecular complexity index is 418. The number of benzene rings is 1. The van der Waals surface area contributed by atoms with E-state index in [0.29, 0.717) is 12.0 Å². The molecule has 1 aromatic carbocycles. The molecule has 0 radical (unpaired) electrons. The van der Waals surface area contributed by atoms with E-state index in [4.69, 9.17) is 5.73 Å². The van der Waals surface area contributed by atoms with Gasteiger partial charge in [-0.25, -0.2) is 0 Å². The van der Waals surface area contributed by atoms with Crippen LogP contribution in [0.25, 0.3) is 0 Å². The summed E-state index contributed by atoms with van der Waals surface area (Å²) in [7, 11) is 0. The van der Waals surface area contributed by atoms with Crippen LogP contribution in [0.5, 0.6) is 5.75 Å². The van der Waals surface area contributed by atoms with Crippen LogP contribution in [0.1, 0.15) is 18.9 Å². The van der Waals surface area contributed by atoms with Gasteiger partial charge in [-0.05, 0) is 24.1 Å². The molecular formula is C12H15F3N2O2. The Morgan fingerprint density at radius 1 is 1.37 bits per heavy atom. The molecule has 3 N–H and O–H groups in total. The van der Waals surface area contributed by atoms with Crippen LogP contribution < -0.4 is 15.8 Å². The number of carbonyl (C=O) groups is 1. The van der Waals surface area contributed by atoms with E-state index >= 15 is 0 Å². The zero-order chi connectivity index (χ0) is 14.5. The highest BCUT2D eigenvalue weighted by Crippen LogP contribution is 2.22. The van der Waals surface area contributed by atoms with Crippen LogP contribution in [0, 0.1) is 0 Å². The van der Waals surface area contributed by atoms with Crippen molar-refractivity contribution in [2.75, 3.05) is 0 Å². The third-order valence-electron chi connectivity index (χ3n) is 2.40. The number of halogens is 3. The summed E-state index contributed by atoms with van der Waals surface area (Å²) in [6.07, 6.45) is -4.19. The van der Waals surface area contributed by atoms with E-state index in [2.05, 4.69) is 10.1 Å². The second kappa shape index (κ2) is 6.42. The fourth-order valence-electron chi connectivity index (χ4n) is 1.31. The molecule has 1 atom stereocenters. The minimum Gasteiger partial charge on any atom is -0.406 e. The van der Waals surface area contributed by atoms with Crippen LogP contribution in [0.3, 0.4) is 0 Å². The normalized spacial score (nSPS) is 12.9. The van der Waals surface area contributed by atoms with Crippen LogP contribution in [0.2, 0.25) is 0 Å². The van der Waals surface area contributed by atoms with Gasteiger partial charge in [0.25, 0.3) is 0 Å². The van der Waals surface area contributed by atoms with Gasteiger partial charge in [-0.2, -0.15) is 0 Å². The van der Waals surface area contributed by atoms with E-state index < -0.39 is 12.4 Å². The van der Waals surface area contributed by atoms with Gasteiger partial charge in [-0.3, -0.25) is 4.79 Å². The highest BCUT2D eigenvalue weighted by molar-refractivity contribution is 5.81. The fraction of sp³-hybridized carbons (Fsp3) is 0.417. The first-order valence-electron chi connectivity index (χ1n) is 5.70.